The van der Waals surface area contributed by atoms with Gasteiger partial charge in [-0.25, -0.2) is 0 Å². The van der Waals surface area contributed by atoms with Crippen molar-refractivity contribution in [2.24, 2.45) is 0 Å². The highest BCUT2D eigenvalue weighted by Crippen LogP contribution is 2.16. The Morgan fingerprint density at radius 3 is 2.31 bits per heavy atom. The van der Waals surface area contributed by atoms with E-state index in [1.165, 1.54) is 0 Å². The largest absolute Gasteiger partial charge is 0.352 e. The Hall–Kier alpha value is -3.47. The Labute approximate surface area is 152 Å². The van der Waals surface area contributed by atoms with E-state index in [9.17, 15) is 9.59 Å². The molecule has 0 radical (unpaired) electrons. The second-order valence-corrected chi connectivity index (χ2v) is 5.71. The van der Waals surface area contributed by atoms with Crippen LogP contribution in [0.4, 0.5) is 5.69 Å². The fourth-order valence-corrected chi connectivity index (χ4v) is 2.53. The van der Waals surface area contributed by atoms with E-state index in [1.54, 1.807) is 48.7 Å². The molecule has 2 N–H and O–H groups in total. The third kappa shape index (κ3) is 4.54. The molecular formula is C21H19N3O2. The van der Waals surface area contributed by atoms with E-state index < -0.39 is 0 Å². The number of pyridine rings is 1. The number of anilines is 1. The molecule has 0 aliphatic rings. The summed E-state index contributed by atoms with van der Waals surface area (Å²) in [6.45, 7) is 0.519. The number of nitrogens with one attached hydrogen (secondary N) is 2. The van der Waals surface area contributed by atoms with Gasteiger partial charge >= 0.3 is 0 Å². The lowest BCUT2D eigenvalue weighted by molar-refractivity contribution is 0.0955. The van der Waals surface area contributed by atoms with Crippen LogP contribution in [0.5, 0.6) is 0 Å². The molecule has 0 saturated carbocycles. The molecule has 0 fully saturated rings. The van der Waals surface area contributed by atoms with Gasteiger partial charge in [0.15, 0.2) is 0 Å². The first-order valence-electron chi connectivity index (χ1n) is 8.37. The summed E-state index contributed by atoms with van der Waals surface area (Å²) in [7, 11) is 0. The zero-order valence-corrected chi connectivity index (χ0v) is 14.2. The molecule has 0 aliphatic heterocycles. The van der Waals surface area contributed by atoms with Crippen molar-refractivity contribution >= 4 is 17.5 Å². The lowest BCUT2D eigenvalue weighted by Gasteiger charge is -2.11. The van der Waals surface area contributed by atoms with Crippen molar-refractivity contribution in [1.29, 1.82) is 0 Å². The van der Waals surface area contributed by atoms with Crippen molar-refractivity contribution in [1.82, 2.24) is 10.3 Å². The third-order valence-electron chi connectivity index (χ3n) is 3.86. The molecule has 130 valence electrons. The zero-order valence-electron chi connectivity index (χ0n) is 14.2. The second-order valence-electron chi connectivity index (χ2n) is 5.71. The molecule has 5 nitrogen and oxygen atoms in total. The molecule has 5 heteroatoms. The Morgan fingerprint density at radius 1 is 0.808 bits per heavy atom. The first-order valence-corrected chi connectivity index (χ1v) is 8.37. The molecule has 3 aromatic rings. The predicted molar refractivity (Wildman–Crippen MR) is 101 cm³/mol. The minimum absolute atomic E-state index is 0.224. The van der Waals surface area contributed by atoms with E-state index in [4.69, 9.17) is 0 Å². The van der Waals surface area contributed by atoms with E-state index in [0.29, 0.717) is 23.5 Å². The van der Waals surface area contributed by atoms with E-state index in [1.807, 2.05) is 30.3 Å². The topological polar surface area (TPSA) is 71.1 Å². The number of carbonyl (C=O) groups excluding carboxylic acids is 2. The van der Waals surface area contributed by atoms with Gasteiger partial charge in [0, 0.05) is 12.7 Å². The van der Waals surface area contributed by atoms with Gasteiger partial charge in [-0.2, -0.15) is 0 Å². The standard InChI is InChI=1S/C21H19N3O2/c25-20(23-15-13-16-8-2-1-3-9-16)17-10-4-5-11-18(17)24-21(26)19-12-6-7-14-22-19/h1-12,14H,13,15H2,(H,23,25)(H,24,26). The quantitative estimate of drug-likeness (QED) is 0.720. The van der Waals surface area contributed by atoms with Crippen LogP contribution in [0.25, 0.3) is 0 Å². The number of para-hydroxylation sites is 1. The van der Waals surface area contributed by atoms with Gasteiger partial charge in [-0.1, -0.05) is 48.5 Å². The first-order chi connectivity index (χ1) is 12.7. The smallest absolute Gasteiger partial charge is 0.274 e. The highest BCUT2D eigenvalue weighted by Gasteiger charge is 2.14. The molecule has 3 rings (SSSR count). The van der Waals surface area contributed by atoms with Gasteiger partial charge in [0.1, 0.15) is 5.69 Å². The minimum atomic E-state index is -0.352. The molecule has 0 aliphatic carbocycles. The maximum atomic E-state index is 12.5. The maximum Gasteiger partial charge on any atom is 0.274 e. The van der Waals surface area contributed by atoms with E-state index in [0.717, 1.165) is 12.0 Å². The van der Waals surface area contributed by atoms with Gasteiger partial charge in [-0.3, -0.25) is 14.6 Å². The molecule has 1 aromatic heterocycles. The van der Waals surface area contributed by atoms with Crippen molar-refractivity contribution < 1.29 is 9.59 Å². The van der Waals surface area contributed by atoms with Gasteiger partial charge in [-0.15, -0.1) is 0 Å². The van der Waals surface area contributed by atoms with Crippen molar-refractivity contribution in [3.05, 3.63) is 95.8 Å². The summed E-state index contributed by atoms with van der Waals surface area (Å²) in [5, 5.41) is 5.65. The minimum Gasteiger partial charge on any atom is -0.352 e. The third-order valence-corrected chi connectivity index (χ3v) is 3.86. The molecule has 0 bridgehead atoms. The fraction of sp³-hybridized carbons (Fsp3) is 0.0952. The van der Waals surface area contributed by atoms with Crippen LogP contribution in [0, 0.1) is 0 Å². The van der Waals surface area contributed by atoms with Crippen LogP contribution in [0.3, 0.4) is 0 Å². The number of hydrogen-bond donors (Lipinski definition) is 2. The van der Waals surface area contributed by atoms with Crippen LogP contribution in [-0.4, -0.2) is 23.3 Å². The lowest BCUT2D eigenvalue weighted by atomic mass is 10.1. The van der Waals surface area contributed by atoms with Crippen LogP contribution in [0.15, 0.2) is 79.0 Å². The number of rotatable bonds is 6. The number of aromatic nitrogens is 1. The highest BCUT2D eigenvalue weighted by atomic mass is 16.2. The highest BCUT2D eigenvalue weighted by molar-refractivity contribution is 6.08. The molecule has 2 amide bonds. The van der Waals surface area contributed by atoms with Crippen molar-refractivity contribution in [3.63, 3.8) is 0 Å². The summed E-state index contributed by atoms with van der Waals surface area (Å²) in [5.41, 5.74) is 2.33. The molecular weight excluding hydrogens is 326 g/mol. The van der Waals surface area contributed by atoms with Gasteiger partial charge in [-0.05, 0) is 36.2 Å². The number of nitrogens with zero attached hydrogens (tertiary/aromatic N) is 1. The molecule has 1 heterocycles. The average molecular weight is 345 g/mol. The van der Waals surface area contributed by atoms with Gasteiger partial charge < -0.3 is 10.6 Å². The normalized spacial score (nSPS) is 10.2. The molecule has 0 spiro atoms. The molecule has 2 aromatic carbocycles. The SMILES string of the molecule is O=C(Nc1ccccc1C(=O)NCCc1ccccc1)c1ccccn1. The second kappa shape index (κ2) is 8.58. The summed E-state index contributed by atoms with van der Waals surface area (Å²) in [4.78, 5) is 28.8. The number of hydrogen-bond acceptors (Lipinski definition) is 3. The lowest BCUT2D eigenvalue weighted by Crippen LogP contribution is -2.27. The van der Waals surface area contributed by atoms with Crippen molar-refractivity contribution in [3.8, 4) is 0 Å². The Morgan fingerprint density at radius 2 is 1.54 bits per heavy atom. The number of carbonyl (C=O) groups is 2. The summed E-state index contributed by atoms with van der Waals surface area (Å²) in [6, 6.07) is 22.0. The monoisotopic (exact) mass is 345 g/mol. The summed E-state index contributed by atoms with van der Waals surface area (Å²) in [6.07, 6.45) is 2.30. The first kappa shape index (κ1) is 17.4. The van der Waals surface area contributed by atoms with Crippen molar-refractivity contribution in [2.75, 3.05) is 11.9 Å². The maximum absolute atomic E-state index is 12.5. The van der Waals surface area contributed by atoms with Crippen molar-refractivity contribution in [2.45, 2.75) is 6.42 Å². The van der Waals surface area contributed by atoms with E-state index in [-0.39, 0.29) is 11.8 Å². The molecule has 0 unspecified atom stereocenters. The number of amides is 2. The van der Waals surface area contributed by atoms with Crippen LogP contribution in [0.2, 0.25) is 0 Å². The van der Waals surface area contributed by atoms with Gasteiger partial charge in [0.25, 0.3) is 11.8 Å². The van der Waals surface area contributed by atoms with Crippen LogP contribution in [0.1, 0.15) is 26.4 Å². The zero-order chi connectivity index (χ0) is 18.2. The molecule has 26 heavy (non-hydrogen) atoms. The van der Waals surface area contributed by atoms with E-state index >= 15 is 0 Å². The van der Waals surface area contributed by atoms with Crippen LogP contribution < -0.4 is 10.6 Å². The molecule has 0 saturated heterocycles. The average Bonchev–Trinajstić information content (AvgIpc) is 2.70. The number of benzene rings is 2. The summed E-state index contributed by atoms with van der Waals surface area (Å²) in [5.74, 6) is -0.576. The molecule has 0 atom stereocenters. The van der Waals surface area contributed by atoms with Crippen LogP contribution in [-0.2, 0) is 6.42 Å². The van der Waals surface area contributed by atoms with E-state index in [2.05, 4.69) is 15.6 Å². The Balaban J connectivity index is 1.64. The van der Waals surface area contributed by atoms with Gasteiger partial charge in [0.2, 0.25) is 0 Å². The summed E-state index contributed by atoms with van der Waals surface area (Å²) < 4.78 is 0. The summed E-state index contributed by atoms with van der Waals surface area (Å²) >= 11 is 0. The van der Waals surface area contributed by atoms with Crippen LogP contribution >= 0.6 is 0 Å². The van der Waals surface area contributed by atoms with Gasteiger partial charge in [0.05, 0.1) is 11.3 Å². The Kier molecular flexibility index (Phi) is 5.72. The predicted octanol–water partition coefficient (Wildman–Crippen LogP) is 3.31. The fourth-order valence-electron chi connectivity index (χ4n) is 2.53. The Bertz CT molecular complexity index is 880.